The molecule has 0 aliphatic heterocycles. The molecule has 0 saturated carbocycles. The summed E-state index contributed by atoms with van der Waals surface area (Å²) in [5, 5.41) is 3.27. The molecule has 1 heterocycles. The second-order valence-electron chi connectivity index (χ2n) is 4.32. The van der Waals surface area contributed by atoms with E-state index in [0.29, 0.717) is 24.9 Å². The molecule has 0 aliphatic rings. The molecule has 0 spiro atoms. The lowest BCUT2D eigenvalue weighted by Crippen LogP contribution is -2.08. The summed E-state index contributed by atoms with van der Waals surface area (Å²) in [7, 11) is 1.64. The Hall–Kier alpha value is -2.14. The van der Waals surface area contributed by atoms with Gasteiger partial charge in [-0.05, 0) is 12.5 Å². The first-order valence-corrected chi connectivity index (χ1v) is 6.53. The van der Waals surface area contributed by atoms with Crippen LogP contribution in [0.5, 0.6) is 5.88 Å². The molecule has 0 radical (unpaired) electrons. The van der Waals surface area contributed by atoms with Gasteiger partial charge in [0.15, 0.2) is 0 Å². The lowest BCUT2D eigenvalue weighted by atomic mass is 10.2. The number of nitrogens with zero attached hydrogens (tertiary/aromatic N) is 2. The van der Waals surface area contributed by atoms with Gasteiger partial charge in [-0.1, -0.05) is 30.3 Å². The van der Waals surface area contributed by atoms with Crippen molar-refractivity contribution in [3.8, 4) is 5.88 Å². The predicted molar refractivity (Wildman–Crippen MR) is 77.9 cm³/mol. The first kappa shape index (κ1) is 14.3. The Morgan fingerprint density at radius 2 is 1.90 bits per heavy atom. The largest absolute Gasteiger partial charge is 0.475 e. The minimum absolute atomic E-state index is 0.477. The third-order valence-electron chi connectivity index (χ3n) is 2.67. The van der Waals surface area contributed by atoms with Crippen molar-refractivity contribution in [3.05, 3.63) is 47.8 Å². The molecule has 2 aromatic rings. The average Bonchev–Trinajstić information content (AvgIpc) is 2.46. The minimum Gasteiger partial charge on any atom is -0.475 e. The van der Waals surface area contributed by atoms with Gasteiger partial charge in [-0.25, -0.2) is 4.98 Å². The summed E-state index contributed by atoms with van der Waals surface area (Å²) < 4.78 is 10.4. The number of hydrogen-bond donors (Lipinski definition) is 1. The van der Waals surface area contributed by atoms with E-state index < -0.39 is 0 Å². The van der Waals surface area contributed by atoms with Gasteiger partial charge in [-0.3, -0.25) is 0 Å². The maximum absolute atomic E-state index is 5.50. The van der Waals surface area contributed by atoms with Crippen molar-refractivity contribution < 1.29 is 9.47 Å². The van der Waals surface area contributed by atoms with E-state index in [2.05, 4.69) is 27.4 Å². The van der Waals surface area contributed by atoms with Gasteiger partial charge in [0.1, 0.15) is 18.2 Å². The Bertz CT molecular complexity index is 532. The third kappa shape index (κ3) is 4.51. The standard InChI is InChI=1S/C15H19N3O2/c1-12-17-14(10-15(18-12)20-9-8-19-2)16-11-13-6-4-3-5-7-13/h3-7,10H,8-9,11H2,1-2H3,(H,16,17,18). The second kappa shape index (κ2) is 7.45. The first-order valence-electron chi connectivity index (χ1n) is 6.53. The number of aryl methyl sites for hydroxylation is 1. The highest BCUT2D eigenvalue weighted by atomic mass is 16.5. The zero-order valence-electron chi connectivity index (χ0n) is 11.8. The van der Waals surface area contributed by atoms with E-state index in [1.807, 2.05) is 25.1 Å². The number of hydrogen-bond acceptors (Lipinski definition) is 5. The summed E-state index contributed by atoms with van der Waals surface area (Å²) in [6, 6.07) is 12.0. The van der Waals surface area contributed by atoms with E-state index in [9.17, 15) is 0 Å². The molecule has 1 N–H and O–H groups in total. The fraction of sp³-hybridized carbons (Fsp3) is 0.333. The molecule has 0 amide bonds. The van der Waals surface area contributed by atoms with Crippen LogP contribution >= 0.6 is 0 Å². The van der Waals surface area contributed by atoms with E-state index in [-0.39, 0.29) is 0 Å². The van der Waals surface area contributed by atoms with Crippen molar-refractivity contribution in [2.75, 3.05) is 25.6 Å². The second-order valence-corrected chi connectivity index (χ2v) is 4.32. The van der Waals surface area contributed by atoms with Crippen LogP contribution < -0.4 is 10.1 Å². The zero-order valence-corrected chi connectivity index (χ0v) is 11.8. The molecule has 106 valence electrons. The topological polar surface area (TPSA) is 56.3 Å². The maximum Gasteiger partial charge on any atom is 0.218 e. The number of nitrogens with one attached hydrogen (secondary N) is 1. The highest BCUT2D eigenvalue weighted by molar-refractivity contribution is 5.39. The first-order chi connectivity index (χ1) is 9.78. The lowest BCUT2D eigenvalue weighted by molar-refractivity contribution is 0.143. The highest BCUT2D eigenvalue weighted by Crippen LogP contribution is 2.14. The molecular formula is C15H19N3O2. The third-order valence-corrected chi connectivity index (χ3v) is 2.67. The lowest BCUT2D eigenvalue weighted by Gasteiger charge is -2.09. The molecule has 0 fully saturated rings. The number of methoxy groups -OCH3 is 1. The molecule has 20 heavy (non-hydrogen) atoms. The van der Waals surface area contributed by atoms with Crippen LogP contribution in [0.15, 0.2) is 36.4 Å². The van der Waals surface area contributed by atoms with Crippen molar-refractivity contribution in [2.24, 2.45) is 0 Å². The summed E-state index contributed by atoms with van der Waals surface area (Å²) in [5.74, 6) is 1.99. The number of anilines is 1. The number of rotatable bonds is 7. The van der Waals surface area contributed by atoms with Crippen molar-refractivity contribution in [1.82, 2.24) is 9.97 Å². The van der Waals surface area contributed by atoms with Crippen LogP contribution in [0.3, 0.4) is 0 Å². The predicted octanol–water partition coefficient (Wildman–Crippen LogP) is 2.42. The van der Waals surface area contributed by atoms with Crippen molar-refractivity contribution in [2.45, 2.75) is 13.5 Å². The number of benzene rings is 1. The van der Waals surface area contributed by atoms with E-state index in [1.54, 1.807) is 13.2 Å². The summed E-state index contributed by atoms with van der Waals surface area (Å²) >= 11 is 0. The molecule has 0 atom stereocenters. The Balaban J connectivity index is 1.97. The van der Waals surface area contributed by atoms with Gasteiger partial charge >= 0.3 is 0 Å². The van der Waals surface area contributed by atoms with Crippen LogP contribution in [0.2, 0.25) is 0 Å². The SMILES string of the molecule is COCCOc1cc(NCc2ccccc2)nc(C)n1. The molecule has 5 nitrogen and oxygen atoms in total. The summed E-state index contributed by atoms with van der Waals surface area (Å²) in [4.78, 5) is 8.58. The Labute approximate surface area is 119 Å². The van der Waals surface area contributed by atoms with Crippen LogP contribution in [0.4, 0.5) is 5.82 Å². The quantitative estimate of drug-likeness (QED) is 0.785. The summed E-state index contributed by atoms with van der Waals surface area (Å²) in [6.07, 6.45) is 0. The number of aromatic nitrogens is 2. The normalized spacial score (nSPS) is 10.3. The van der Waals surface area contributed by atoms with Gasteiger partial charge in [0.2, 0.25) is 5.88 Å². The monoisotopic (exact) mass is 273 g/mol. The van der Waals surface area contributed by atoms with E-state index in [0.717, 1.165) is 12.4 Å². The van der Waals surface area contributed by atoms with Gasteiger partial charge < -0.3 is 14.8 Å². The molecule has 2 rings (SSSR count). The molecule has 0 bridgehead atoms. The van der Waals surface area contributed by atoms with E-state index >= 15 is 0 Å². The van der Waals surface area contributed by atoms with Crippen LogP contribution in [-0.2, 0) is 11.3 Å². The summed E-state index contributed by atoms with van der Waals surface area (Å²) in [6.45, 7) is 3.58. The highest BCUT2D eigenvalue weighted by Gasteiger charge is 2.03. The zero-order chi connectivity index (χ0) is 14.2. The maximum atomic E-state index is 5.50. The van der Waals surface area contributed by atoms with Crippen LogP contribution in [-0.4, -0.2) is 30.3 Å². The molecule has 5 heteroatoms. The molecule has 1 aromatic heterocycles. The Morgan fingerprint density at radius 3 is 2.65 bits per heavy atom. The fourth-order valence-corrected chi connectivity index (χ4v) is 1.72. The minimum atomic E-state index is 0.477. The van der Waals surface area contributed by atoms with E-state index in [4.69, 9.17) is 9.47 Å². The van der Waals surface area contributed by atoms with Gasteiger partial charge in [-0.2, -0.15) is 4.98 Å². The Morgan fingerprint density at radius 1 is 1.10 bits per heavy atom. The molecule has 0 aliphatic carbocycles. The van der Waals surface area contributed by atoms with Gasteiger partial charge in [0, 0.05) is 19.7 Å². The van der Waals surface area contributed by atoms with Crippen LogP contribution in [0.1, 0.15) is 11.4 Å². The fourth-order valence-electron chi connectivity index (χ4n) is 1.72. The molecule has 0 unspecified atom stereocenters. The van der Waals surface area contributed by atoms with Gasteiger partial charge in [0.05, 0.1) is 6.61 Å². The van der Waals surface area contributed by atoms with Gasteiger partial charge in [0.25, 0.3) is 0 Å². The van der Waals surface area contributed by atoms with Crippen molar-refractivity contribution in [1.29, 1.82) is 0 Å². The average molecular weight is 273 g/mol. The molecule has 0 saturated heterocycles. The summed E-state index contributed by atoms with van der Waals surface area (Å²) in [5.41, 5.74) is 1.20. The number of ether oxygens (including phenoxy) is 2. The molecular weight excluding hydrogens is 254 g/mol. The Kier molecular flexibility index (Phi) is 5.32. The molecule has 1 aromatic carbocycles. The van der Waals surface area contributed by atoms with Crippen LogP contribution in [0.25, 0.3) is 0 Å². The smallest absolute Gasteiger partial charge is 0.218 e. The van der Waals surface area contributed by atoms with Crippen LogP contribution in [0, 0.1) is 6.92 Å². The van der Waals surface area contributed by atoms with Crippen molar-refractivity contribution in [3.63, 3.8) is 0 Å². The van der Waals surface area contributed by atoms with Crippen molar-refractivity contribution >= 4 is 5.82 Å². The van der Waals surface area contributed by atoms with E-state index in [1.165, 1.54) is 5.56 Å². The van der Waals surface area contributed by atoms with Gasteiger partial charge in [-0.15, -0.1) is 0 Å².